The van der Waals surface area contributed by atoms with E-state index in [1.54, 1.807) is 19.2 Å². The minimum absolute atomic E-state index is 0. The number of aromatic amines is 1. The Kier molecular flexibility index (Phi) is 9.40. The Hall–Kier alpha value is -2.13. The highest BCUT2D eigenvalue weighted by atomic mass is 127. The van der Waals surface area contributed by atoms with Crippen molar-refractivity contribution in [3.8, 4) is 0 Å². The number of nitrogens with one attached hydrogen (secondary N) is 3. The van der Waals surface area contributed by atoms with E-state index >= 15 is 0 Å². The predicted molar refractivity (Wildman–Crippen MR) is 127 cm³/mol. The maximum atomic E-state index is 13.5. The third-order valence-electron chi connectivity index (χ3n) is 4.60. The fraction of sp³-hybridized carbons (Fsp3) is 0.318. The molecule has 2 aromatic carbocycles. The molecule has 5 nitrogen and oxygen atoms in total. The molecule has 1 heterocycles. The third kappa shape index (κ3) is 6.71. The van der Waals surface area contributed by atoms with E-state index in [1.807, 2.05) is 13.1 Å². The van der Waals surface area contributed by atoms with Gasteiger partial charge in [0.15, 0.2) is 5.96 Å². The predicted octanol–water partition coefficient (Wildman–Crippen LogP) is 4.37. The van der Waals surface area contributed by atoms with Crippen LogP contribution in [0.2, 0.25) is 0 Å². The molecule has 0 aliphatic rings. The second kappa shape index (κ2) is 11.8. The number of aromatic nitrogens is 1. The van der Waals surface area contributed by atoms with Crippen molar-refractivity contribution in [3.05, 3.63) is 71.2 Å². The maximum absolute atomic E-state index is 13.5. The summed E-state index contributed by atoms with van der Waals surface area (Å²) in [6, 6.07) is 13.2. The smallest absolute Gasteiger partial charge is 0.191 e. The second-order valence-corrected chi connectivity index (χ2v) is 6.56. The van der Waals surface area contributed by atoms with Crippen molar-refractivity contribution in [1.82, 2.24) is 15.6 Å². The third-order valence-corrected chi connectivity index (χ3v) is 4.60. The summed E-state index contributed by atoms with van der Waals surface area (Å²) in [6.45, 7) is 4.75. The molecule has 0 aliphatic heterocycles. The fourth-order valence-electron chi connectivity index (χ4n) is 3.05. The van der Waals surface area contributed by atoms with Crippen LogP contribution in [-0.2, 0) is 24.3 Å². The Balaban J connectivity index is 0.00000300. The molecule has 156 valence electrons. The molecule has 0 saturated carbocycles. The maximum Gasteiger partial charge on any atom is 0.191 e. The zero-order valence-corrected chi connectivity index (χ0v) is 19.1. The molecular weight excluding hydrogens is 482 g/mol. The van der Waals surface area contributed by atoms with E-state index < -0.39 is 0 Å². The van der Waals surface area contributed by atoms with Crippen molar-refractivity contribution in [2.24, 2.45) is 4.99 Å². The average molecular weight is 510 g/mol. The van der Waals surface area contributed by atoms with E-state index in [9.17, 15) is 4.39 Å². The summed E-state index contributed by atoms with van der Waals surface area (Å²) >= 11 is 0. The Morgan fingerprint density at radius 2 is 1.86 bits per heavy atom. The standard InChI is InChI=1S/C22H27FN4O.HI/c1-3-28-15-17-6-4-16(5-7-17)13-27-22(24-2)25-11-10-18-14-26-21-9-8-19(23)12-20(18)21;/h4-9,12,14,26H,3,10-11,13,15H2,1-2H3,(H2,24,25,27);1H. The van der Waals surface area contributed by atoms with Crippen LogP contribution in [0.25, 0.3) is 10.9 Å². The van der Waals surface area contributed by atoms with Gasteiger partial charge in [0, 0.05) is 43.8 Å². The van der Waals surface area contributed by atoms with Crippen molar-refractivity contribution in [1.29, 1.82) is 0 Å². The molecule has 0 atom stereocenters. The number of nitrogens with zero attached hydrogens (tertiary/aromatic N) is 1. The van der Waals surface area contributed by atoms with Crippen molar-refractivity contribution >= 4 is 40.8 Å². The molecule has 0 aliphatic carbocycles. The molecule has 0 fully saturated rings. The van der Waals surface area contributed by atoms with Gasteiger partial charge in [-0.1, -0.05) is 24.3 Å². The molecular formula is C22H28FIN4O. The number of hydrogen-bond acceptors (Lipinski definition) is 2. The van der Waals surface area contributed by atoms with E-state index in [0.717, 1.165) is 35.5 Å². The van der Waals surface area contributed by atoms with Crippen LogP contribution in [0.1, 0.15) is 23.6 Å². The first-order valence-electron chi connectivity index (χ1n) is 9.55. The van der Waals surface area contributed by atoms with Gasteiger partial charge < -0.3 is 20.4 Å². The van der Waals surface area contributed by atoms with Gasteiger partial charge in [0.25, 0.3) is 0 Å². The number of ether oxygens (including phenoxy) is 1. The monoisotopic (exact) mass is 510 g/mol. The Bertz CT molecular complexity index is 924. The first kappa shape index (κ1) is 23.2. The highest BCUT2D eigenvalue weighted by Gasteiger charge is 2.05. The molecule has 0 radical (unpaired) electrons. The van der Waals surface area contributed by atoms with Crippen molar-refractivity contribution in [2.45, 2.75) is 26.5 Å². The number of rotatable bonds is 8. The number of H-pyrrole nitrogens is 1. The van der Waals surface area contributed by atoms with Crippen LogP contribution in [0.4, 0.5) is 4.39 Å². The average Bonchev–Trinajstić information content (AvgIpc) is 3.11. The summed E-state index contributed by atoms with van der Waals surface area (Å²) in [4.78, 5) is 7.45. The zero-order chi connectivity index (χ0) is 19.8. The number of aliphatic imine (C=N–C) groups is 1. The molecule has 0 amide bonds. The molecule has 3 rings (SSSR count). The summed E-state index contributed by atoms with van der Waals surface area (Å²) in [6.07, 6.45) is 2.71. The lowest BCUT2D eigenvalue weighted by Gasteiger charge is -2.12. The Morgan fingerprint density at radius 3 is 2.59 bits per heavy atom. The van der Waals surface area contributed by atoms with E-state index in [0.29, 0.717) is 19.7 Å². The topological polar surface area (TPSA) is 61.4 Å². The van der Waals surface area contributed by atoms with Crippen LogP contribution >= 0.6 is 24.0 Å². The van der Waals surface area contributed by atoms with Gasteiger partial charge in [-0.3, -0.25) is 4.99 Å². The summed E-state index contributed by atoms with van der Waals surface area (Å²) in [7, 11) is 1.75. The summed E-state index contributed by atoms with van der Waals surface area (Å²) in [5, 5.41) is 7.55. The number of fused-ring (bicyclic) bond motifs is 1. The largest absolute Gasteiger partial charge is 0.377 e. The van der Waals surface area contributed by atoms with E-state index in [2.05, 4.69) is 44.9 Å². The van der Waals surface area contributed by atoms with Gasteiger partial charge in [0.05, 0.1) is 6.61 Å². The Morgan fingerprint density at radius 1 is 1.10 bits per heavy atom. The van der Waals surface area contributed by atoms with E-state index in [1.165, 1.54) is 17.2 Å². The molecule has 29 heavy (non-hydrogen) atoms. The quantitative estimate of drug-likeness (QED) is 0.240. The van der Waals surface area contributed by atoms with Crippen LogP contribution in [0.15, 0.2) is 53.7 Å². The van der Waals surface area contributed by atoms with Gasteiger partial charge in [-0.05, 0) is 48.2 Å². The fourth-order valence-corrected chi connectivity index (χ4v) is 3.05. The lowest BCUT2D eigenvalue weighted by Crippen LogP contribution is -2.37. The first-order chi connectivity index (χ1) is 13.7. The van der Waals surface area contributed by atoms with Crippen molar-refractivity contribution in [2.75, 3.05) is 20.2 Å². The molecule has 1 aromatic heterocycles. The number of halogens is 2. The van der Waals surface area contributed by atoms with Crippen LogP contribution in [0, 0.1) is 5.82 Å². The van der Waals surface area contributed by atoms with Crippen LogP contribution in [0.5, 0.6) is 0 Å². The summed E-state index contributed by atoms with van der Waals surface area (Å²) in [5.74, 6) is 0.524. The van der Waals surface area contributed by atoms with Gasteiger partial charge in [-0.25, -0.2) is 4.39 Å². The first-order valence-corrected chi connectivity index (χ1v) is 9.55. The molecule has 3 N–H and O–H groups in total. The number of hydrogen-bond donors (Lipinski definition) is 3. The number of benzene rings is 2. The van der Waals surface area contributed by atoms with Crippen LogP contribution in [0.3, 0.4) is 0 Å². The van der Waals surface area contributed by atoms with Gasteiger partial charge in [0.2, 0.25) is 0 Å². The minimum atomic E-state index is -0.217. The van der Waals surface area contributed by atoms with E-state index in [4.69, 9.17) is 4.74 Å². The minimum Gasteiger partial charge on any atom is -0.377 e. The second-order valence-electron chi connectivity index (χ2n) is 6.56. The molecule has 0 saturated heterocycles. The van der Waals surface area contributed by atoms with Gasteiger partial charge >= 0.3 is 0 Å². The normalized spacial score (nSPS) is 11.3. The molecule has 0 bridgehead atoms. The lowest BCUT2D eigenvalue weighted by atomic mass is 10.1. The van der Waals surface area contributed by atoms with Gasteiger partial charge in [-0.2, -0.15) is 0 Å². The zero-order valence-electron chi connectivity index (χ0n) is 16.8. The Labute approximate surface area is 188 Å². The molecule has 0 unspecified atom stereocenters. The molecule has 3 aromatic rings. The van der Waals surface area contributed by atoms with Crippen LogP contribution < -0.4 is 10.6 Å². The number of guanidine groups is 1. The summed E-state index contributed by atoms with van der Waals surface area (Å²) < 4.78 is 18.9. The van der Waals surface area contributed by atoms with Crippen LogP contribution in [-0.4, -0.2) is 31.1 Å². The lowest BCUT2D eigenvalue weighted by molar-refractivity contribution is 0.134. The summed E-state index contributed by atoms with van der Waals surface area (Å²) in [5.41, 5.74) is 4.38. The highest BCUT2D eigenvalue weighted by molar-refractivity contribution is 14.0. The highest BCUT2D eigenvalue weighted by Crippen LogP contribution is 2.19. The van der Waals surface area contributed by atoms with E-state index in [-0.39, 0.29) is 29.8 Å². The van der Waals surface area contributed by atoms with Crippen molar-refractivity contribution < 1.29 is 9.13 Å². The SMILES string of the molecule is CCOCc1ccc(CNC(=NC)NCCc2c[nH]c3ccc(F)cc23)cc1.I. The molecule has 0 spiro atoms. The van der Waals surface area contributed by atoms with Gasteiger partial charge in [0.1, 0.15) is 5.82 Å². The molecule has 7 heteroatoms. The van der Waals surface area contributed by atoms with Gasteiger partial charge in [-0.15, -0.1) is 24.0 Å². The van der Waals surface area contributed by atoms with Crippen molar-refractivity contribution in [3.63, 3.8) is 0 Å².